The van der Waals surface area contributed by atoms with E-state index in [4.69, 9.17) is 28.2 Å². The number of aromatic nitrogens is 1. The topological polar surface area (TPSA) is 44.5 Å². The summed E-state index contributed by atoms with van der Waals surface area (Å²) < 4.78 is 5.82. The van der Waals surface area contributed by atoms with Crippen molar-refractivity contribution in [3.8, 4) is 0 Å². The van der Waals surface area contributed by atoms with Crippen LogP contribution in [-0.2, 0) is 0 Å². The molecule has 5 nitrogen and oxygen atoms in total. The minimum atomic E-state index is -0.157. The van der Waals surface area contributed by atoms with Gasteiger partial charge in [0.1, 0.15) is 11.8 Å². The van der Waals surface area contributed by atoms with Crippen LogP contribution in [0.25, 0.3) is 0 Å². The fourth-order valence-electron chi connectivity index (χ4n) is 4.53. The zero-order valence-corrected chi connectivity index (χ0v) is 18.9. The van der Waals surface area contributed by atoms with Crippen LogP contribution in [-0.4, -0.2) is 23.2 Å². The molecule has 5 rings (SSSR count). The quantitative estimate of drug-likeness (QED) is 0.509. The van der Waals surface area contributed by atoms with Gasteiger partial charge in [-0.05, 0) is 73.4 Å². The third-order valence-electron chi connectivity index (χ3n) is 6.27. The molecule has 1 aromatic carbocycles. The molecule has 0 aliphatic carbocycles. The van der Waals surface area contributed by atoms with Gasteiger partial charge in [-0.15, -0.1) is 0 Å². The second-order valence-electron chi connectivity index (χ2n) is 8.32. The summed E-state index contributed by atoms with van der Waals surface area (Å²) in [6.45, 7) is 4.40. The lowest BCUT2D eigenvalue weighted by Gasteiger charge is -2.33. The van der Waals surface area contributed by atoms with E-state index in [1.165, 1.54) is 12.8 Å². The van der Waals surface area contributed by atoms with Gasteiger partial charge in [0.2, 0.25) is 0 Å². The van der Waals surface area contributed by atoms with Crippen LogP contribution in [0.2, 0.25) is 5.02 Å². The predicted molar refractivity (Wildman–Crippen MR) is 129 cm³/mol. The highest BCUT2D eigenvalue weighted by molar-refractivity contribution is 7.80. The third-order valence-corrected chi connectivity index (χ3v) is 6.88. The molecular weight excluding hydrogens is 428 g/mol. The number of hydrogen-bond acceptors (Lipinski definition) is 4. The number of anilines is 2. The number of rotatable bonds is 4. The van der Waals surface area contributed by atoms with Gasteiger partial charge < -0.3 is 19.5 Å². The maximum Gasteiger partial charge on any atom is 0.174 e. The Labute approximate surface area is 193 Å². The van der Waals surface area contributed by atoms with E-state index in [1.54, 1.807) is 12.5 Å². The van der Waals surface area contributed by atoms with Gasteiger partial charge >= 0.3 is 0 Å². The first-order valence-corrected chi connectivity index (χ1v) is 11.5. The lowest BCUT2D eigenvalue weighted by atomic mass is 9.98. The van der Waals surface area contributed by atoms with Crippen LogP contribution in [0.5, 0.6) is 0 Å². The molecule has 31 heavy (non-hydrogen) atoms. The standard InChI is InChI=1S/C24H25ClN4OS/c1-16-9-12-28(13-10-16)20-8-7-17(15-18(20)25)29-23(21-6-4-14-30-21)22(27-24(29)31)19-5-2-3-11-26-19/h2-8,11,14-16,22-23H,9-10,12-13H2,1H3,(H,27,31)/t22-,23-/m0/s1. The van der Waals surface area contributed by atoms with E-state index < -0.39 is 0 Å². The number of halogens is 1. The van der Waals surface area contributed by atoms with Gasteiger partial charge in [-0.1, -0.05) is 24.6 Å². The Morgan fingerprint density at radius 3 is 2.65 bits per heavy atom. The van der Waals surface area contributed by atoms with Gasteiger partial charge in [0, 0.05) is 25.0 Å². The van der Waals surface area contributed by atoms with Crippen LogP contribution < -0.4 is 15.1 Å². The van der Waals surface area contributed by atoms with E-state index in [0.717, 1.165) is 46.9 Å². The summed E-state index contributed by atoms with van der Waals surface area (Å²) in [6.07, 6.45) is 5.89. The van der Waals surface area contributed by atoms with E-state index >= 15 is 0 Å². The van der Waals surface area contributed by atoms with Crippen LogP contribution in [0.15, 0.2) is 65.4 Å². The van der Waals surface area contributed by atoms with Crippen LogP contribution in [0.1, 0.15) is 43.3 Å². The summed E-state index contributed by atoms with van der Waals surface area (Å²) in [4.78, 5) is 9.03. The van der Waals surface area contributed by atoms with Crippen molar-refractivity contribution in [1.82, 2.24) is 10.3 Å². The maximum absolute atomic E-state index is 6.78. The number of piperidine rings is 1. The molecule has 0 amide bonds. The van der Waals surface area contributed by atoms with E-state index in [1.807, 2.05) is 36.4 Å². The number of furan rings is 1. The molecule has 0 spiro atoms. The van der Waals surface area contributed by atoms with Crippen molar-refractivity contribution in [3.63, 3.8) is 0 Å². The van der Waals surface area contributed by atoms with Crippen molar-refractivity contribution in [3.05, 3.63) is 77.5 Å². The summed E-state index contributed by atoms with van der Waals surface area (Å²) in [5, 5.41) is 4.82. The van der Waals surface area contributed by atoms with E-state index in [0.29, 0.717) is 5.11 Å². The Hall–Kier alpha value is -2.57. The number of nitrogens with zero attached hydrogens (tertiary/aromatic N) is 3. The van der Waals surface area contributed by atoms with Crippen molar-refractivity contribution in [2.75, 3.05) is 22.9 Å². The Morgan fingerprint density at radius 2 is 1.97 bits per heavy atom. The highest BCUT2D eigenvalue weighted by Gasteiger charge is 2.42. The Balaban J connectivity index is 1.49. The number of pyridine rings is 1. The van der Waals surface area contributed by atoms with Crippen molar-refractivity contribution in [2.45, 2.75) is 31.8 Å². The summed E-state index contributed by atoms with van der Waals surface area (Å²) in [5.41, 5.74) is 2.95. The molecule has 0 bridgehead atoms. The second-order valence-corrected chi connectivity index (χ2v) is 9.11. The minimum Gasteiger partial charge on any atom is -0.467 e. The zero-order chi connectivity index (χ0) is 21.4. The van der Waals surface area contributed by atoms with E-state index in [2.05, 4.69) is 39.2 Å². The summed E-state index contributed by atoms with van der Waals surface area (Å²) in [6, 6.07) is 15.7. The number of hydrogen-bond donors (Lipinski definition) is 1. The van der Waals surface area contributed by atoms with Gasteiger partial charge in [0.05, 0.1) is 28.7 Å². The average molecular weight is 453 g/mol. The van der Waals surface area contributed by atoms with Gasteiger partial charge in [-0.25, -0.2) is 0 Å². The average Bonchev–Trinajstić information content (AvgIpc) is 3.43. The molecule has 2 fully saturated rings. The first-order chi connectivity index (χ1) is 15.1. The molecular formula is C24H25ClN4OS. The molecule has 2 aliphatic heterocycles. The SMILES string of the molecule is CC1CCN(c2ccc(N3C(=S)N[C@@H](c4ccccn4)[C@@H]3c3ccco3)cc2Cl)CC1. The van der Waals surface area contributed by atoms with Gasteiger partial charge in [-0.2, -0.15) is 0 Å². The summed E-state index contributed by atoms with van der Waals surface area (Å²) in [5.74, 6) is 1.60. The van der Waals surface area contributed by atoms with E-state index in [-0.39, 0.29) is 12.1 Å². The fraction of sp³-hybridized carbons (Fsp3) is 0.333. The number of thiocarbonyl (C=S) groups is 1. The maximum atomic E-state index is 6.78. The molecule has 0 unspecified atom stereocenters. The monoisotopic (exact) mass is 452 g/mol. The number of nitrogens with one attached hydrogen (secondary N) is 1. The molecule has 3 aromatic rings. The van der Waals surface area contributed by atoms with Crippen molar-refractivity contribution < 1.29 is 4.42 Å². The van der Waals surface area contributed by atoms with Crippen LogP contribution in [0, 0.1) is 5.92 Å². The van der Waals surface area contributed by atoms with Crippen LogP contribution >= 0.6 is 23.8 Å². The molecule has 2 aromatic heterocycles. The molecule has 2 atom stereocenters. The summed E-state index contributed by atoms with van der Waals surface area (Å²) in [7, 11) is 0. The third kappa shape index (κ3) is 3.90. The van der Waals surface area contributed by atoms with Gasteiger partial charge in [0.15, 0.2) is 5.11 Å². The Bertz CT molecular complexity index is 1050. The molecule has 160 valence electrons. The molecule has 0 saturated carbocycles. The Morgan fingerprint density at radius 1 is 1.13 bits per heavy atom. The first-order valence-electron chi connectivity index (χ1n) is 10.7. The first kappa shape index (κ1) is 20.3. The van der Waals surface area contributed by atoms with E-state index in [9.17, 15) is 0 Å². The van der Waals surface area contributed by atoms with Crippen LogP contribution in [0.4, 0.5) is 11.4 Å². The predicted octanol–water partition coefficient (Wildman–Crippen LogP) is 5.74. The largest absolute Gasteiger partial charge is 0.467 e. The Kier molecular flexibility index (Phi) is 5.59. The molecule has 4 heterocycles. The minimum absolute atomic E-state index is 0.123. The highest BCUT2D eigenvalue weighted by atomic mass is 35.5. The fourth-order valence-corrected chi connectivity index (χ4v) is 5.17. The molecule has 2 saturated heterocycles. The molecule has 0 radical (unpaired) electrons. The molecule has 1 N–H and O–H groups in total. The van der Waals surface area contributed by atoms with Crippen LogP contribution in [0.3, 0.4) is 0 Å². The second kappa shape index (κ2) is 8.52. The normalized spacial score (nSPS) is 22.1. The van der Waals surface area contributed by atoms with Crippen molar-refractivity contribution >= 4 is 40.3 Å². The van der Waals surface area contributed by atoms with Crippen molar-refractivity contribution in [2.24, 2.45) is 5.92 Å². The van der Waals surface area contributed by atoms with Gasteiger partial charge in [0.25, 0.3) is 0 Å². The van der Waals surface area contributed by atoms with Crippen molar-refractivity contribution in [1.29, 1.82) is 0 Å². The lowest BCUT2D eigenvalue weighted by Crippen LogP contribution is -2.33. The molecule has 7 heteroatoms. The smallest absolute Gasteiger partial charge is 0.174 e. The lowest BCUT2D eigenvalue weighted by molar-refractivity contribution is 0.432. The molecule has 2 aliphatic rings. The van der Waals surface area contributed by atoms with Gasteiger partial charge in [-0.3, -0.25) is 4.98 Å². The highest BCUT2D eigenvalue weighted by Crippen LogP contribution is 2.43. The zero-order valence-electron chi connectivity index (χ0n) is 17.4. The number of benzene rings is 1. The summed E-state index contributed by atoms with van der Waals surface area (Å²) >= 11 is 12.5.